The maximum Gasteiger partial charge on any atom is 0.178 e. The summed E-state index contributed by atoms with van der Waals surface area (Å²) in [7, 11) is -1.08. The number of benzene rings is 1. The van der Waals surface area contributed by atoms with Gasteiger partial charge >= 0.3 is 0 Å². The Bertz CT molecular complexity index is 605. The molecule has 0 aromatic heterocycles. The topological polar surface area (TPSA) is 63.4 Å². The molecule has 1 fully saturated rings. The fraction of sp³-hybridized carbons (Fsp3) is 0.684. The van der Waals surface area contributed by atoms with Crippen LogP contribution in [0.4, 0.5) is 0 Å². The Morgan fingerprint density at radius 1 is 1.17 bits per heavy atom. The van der Waals surface area contributed by atoms with Crippen molar-refractivity contribution in [1.29, 1.82) is 0 Å². The van der Waals surface area contributed by atoms with Gasteiger partial charge in [-0.15, -0.1) is 0 Å². The number of aryl methyl sites for hydroxylation is 1. The molecule has 1 aliphatic carbocycles. The van der Waals surface area contributed by atoms with Crippen LogP contribution in [-0.4, -0.2) is 44.2 Å². The van der Waals surface area contributed by atoms with Gasteiger partial charge in [0.2, 0.25) is 0 Å². The summed E-state index contributed by atoms with van der Waals surface area (Å²) in [6, 6.07) is 8.44. The van der Waals surface area contributed by atoms with Crippen molar-refractivity contribution < 1.29 is 8.42 Å². The molecule has 2 N–H and O–H groups in total. The lowest BCUT2D eigenvalue weighted by Crippen LogP contribution is -2.43. The largest absolute Gasteiger partial charge is 0.328 e. The third-order valence-corrected chi connectivity index (χ3v) is 7.27. The summed E-state index contributed by atoms with van der Waals surface area (Å²) in [5, 5.41) is 0. The minimum atomic E-state index is -3.20. The predicted molar refractivity (Wildman–Crippen MR) is 99.9 cm³/mol. The molecule has 0 radical (unpaired) electrons. The Balaban J connectivity index is 1.90. The summed E-state index contributed by atoms with van der Waals surface area (Å²) in [4.78, 5) is 2.79. The summed E-state index contributed by atoms with van der Waals surface area (Å²) in [6.45, 7) is 4.20. The first-order valence-electron chi connectivity index (χ1n) is 9.12. The zero-order chi connectivity index (χ0) is 17.7. The summed E-state index contributed by atoms with van der Waals surface area (Å²) in [5.41, 5.74) is 7.14. The molecule has 2 rings (SSSR count). The molecule has 1 unspecified atom stereocenters. The molecule has 5 heteroatoms. The van der Waals surface area contributed by atoms with Gasteiger partial charge in [0.25, 0.3) is 0 Å². The number of rotatable bonds is 7. The minimum absolute atomic E-state index is 0.205. The van der Waals surface area contributed by atoms with Crippen molar-refractivity contribution >= 4 is 9.84 Å². The van der Waals surface area contributed by atoms with Crippen molar-refractivity contribution in [2.45, 2.75) is 75.4 Å². The third-order valence-electron chi connectivity index (χ3n) is 5.51. The van der Waals surface area contributed by atoms with Crippen LogP contribution in [0.25, 0.3) is 0 Å². The van der Waals surface area contributed by atoms with Gasteiger partial charge in [-0.05, 0) is 70.2 Å². The third kappa shape index (κ3) is 5.04. The molecule has 0 spiro atoms. The second-order valence-corrected chi connectivity index (χ2v) is 9.30. The van der Waals surface area contributed by atoms with Gasteiger partial charge < -0.3 is 10.6 Å². The molecule has 136 valence electrons. The zero-order valence-electron chi connectivity index (χ0n) is 15.2. The van der Waals surface area contributed by atoms with Crippen molar-refractivity contribution in [2.75, 3.05) is 12.8 Å². The minimum Gasteiger partial charge on any atom is -0.328 e. The van der Waals surface area contributed by atoms with Gasteiger partial charge in [0.15, 0.2) is 9.84 Å². The standard InChI is InChI=1S/C19H32N2O2S/c1-4-16-5-11-19(12-6-16)24(22,23)14-13-15(2)21(3)18-9-7-17(20)8-10-18/h5-6,11-12,15,17-18H,4,7-10,13-14,20H2,1-3H3. The lowest BCUT2D eigenvalue weighted by atomic mass is 9.90. The average Bonchev–Trinajstić information content (AvgIpc) is 2.60. The van der Waals surface area contributed by atoms with E-state index in [2.05, 4.69) is 25.8 Å². The second kappa shape index (κ2) is 8.45. The highest BCUT2D eigenvalue weighted by Gasteiger charge is 2.26. The van der Waals surface area contributed by atoms with Crippen molar-refractivity contribution in [3.63, 3.8) is 0 Å². The van der Waals surface area contributed by atoms with E-state index in [4.69, 9.17) is 5.73 Å². The molecule has 24 heavy (non-hydrogen) atoms. The van der Waals surface area contributed by atoms with Gasteiger partial charge in [-0.1, -0.05) is 19.1 Å². The molecule has 0 saturated heterocycles. The fourth-order valence-electron chi connectivity index (χ4n) is 3.45. The molecule has 1 aromatic rings. The van der Waals surface area contributed by atoms with Crippen molar-refractivity contribution in [3.05, 3.63) is 29.8 Å². The molecule has 1 atom stereocenters. The van der Waals surface area contributed by atoms with E-state index in [0.29, 0.717) is 23.4 Å². The van der Waals surface area contributed by atoms with Crippen molar-refractivity contribution in [2.24, 2.45) is 5.73 Å². The molecular weight excluding hydrogens is 320 g/mol. The molecule has 0 heterocycles. The van der Waals surface area contributed by atoms with Gasteiger partial charge in [0, 0.05) is 18.1 Å². The van der Waals surface area contributed by atoms with E-state index >= 15 is 0 Å². The summed E-state index contributed by atoms with van der Waals surface area (Å²) < 4.78 is 25.1. The first-order valence-corrected chi connectivity index (χ1v) is 10.8. The van der Waals surface area contributed by atoms with Gasteiger partial charge in [0.05, 0.1) is 10.6 Å². The highest BCUT2D eigenvalue weighted by molar-refractivity contribution is 7.91. The van der Waals surface area contributed by atoms with Crippen LogP contribution in [0.1, 0.15) is 51.5 Å². The molecule has 0 bridgehead atoms. The Morgan fingerprint density at radius 2 is 1.75 bits per heavy atom. The summed E-state index contributed by atoms with van der Waals surface area (Å²) in [5.74, 6) is 0.205. The van der Waals surface area contributed by atoms with Crippen LogP contribution in [0.15, 0.2) is 29.2 Å². The highest BCUT2D eigenvalue weighted by Crippen LogP contribution is 2.24. The van der Waals surface area contributed by atoms with Crippen LogP contribution in [-0.2, 0) is 16.3 Å². The first-order chi connectivity index (χ1) is 11.3. The van der Waals surface area contributed by atoms with E-state index in [0.717, 1.165) is 37.7 Å². The molecule has 0 amide bonds. The molecule has 4 nitrogen and oxygen atoms in total. The summed E-state index contributed by atoms with van der Waals surface area (Å²) in [6.07, 6.45) is 5.97. The second-order valence-electron chi connectivity index (χ2n) is 7.19. The highest BCUT2D eigenvalue weighted by atomic mass is 32.2. The van der Waals surface area contributed by atoms with E-state index in [9.17, 15) is 8.42 Å². The Hall–Kier alpha value is -0.910. The fourth-order valence-corrected chi connectivity index (χ4v) is 4.89. The van der Waals surface area contributed by atoms with Crippen LogP contribution in [0, 0.1) is 0 Å². The Morgan fingerprint density at radius 3 is 2.29 bits per heavy atom. The molecule has 1 saturated carbocycles. The van der Waals surface area contributed by atoms with Gasteiger partial charge in [-0.3, -0.25) is 0 Å². The maximum atomic E-state index is 12.5. The average molecular weight is 353 g/mol. The van der Waals surface area contributed by atoms with Crippen LogP contribution in [0.5, 0.6) is 0 Å². The molecule has 0 aliphatic heterocycles. The number of nitrogens with zero attached hydrogens (tertiary/aromatic N) is 1. The molecule has 1 aliphatic rings. The van der Waals surface area contributed by atoms with Crippen LogP contribution in [0.2, 0.25) is 0 Å². The Kier molecular flexibility index (Phi) is 6.84. The van der Waals surface area contributed by atoms with E-state index in [-0.39, 0.29) is 11.8 Å². The number of nitrogens with two attached hydrogens (primary N) is 1. The molecular formula is C19H32N2O2S. The SMILES string of the molecule is CCc1ccc(S(=O)(=O)CCC(C)N(C)C2CCC(N)CC2)cc1. The number of hydrogen-bond acceptors (Lipinski definition) is 4. The first kappa shape index (κ1) is 19.4. The van der Waals surface area contributed by atoms with Gasteiger partial charge in [-0.2, -0.15) is 0 Å². The van der Waals surface area contributed by atoms with Crippen LogP contribution < -0.4 is 5.73 Å². The number of hydrogen-bond donors (Lipinski definition) is 1. The quantitative estimate of drug-likeness (QED) is 0.819. The van der Waals surface area contributed by atoms with E-state index < -0.39 is 9.84 Å². The van der Waals surface area contributed by atoms with Gasteiger partial charge in [-0.25, -0.2) is 8.42 Å². The zero-order valence-corrected chi connectivity index (χ0v) is 16.1. The van der Waals surface area contributed by atoms with E-state index in [1.807, 2.05) is 12.1 Å². The van der Waals surface area contributed by atoms with Gasteiger partial charge in [0.1, 0.15) is 0 Å². The normalized spacial score (nSPS) is 23.4. The Labute approximate surface area is 147 Å². The van der Waals surface area contributed by atoms with E-state index in [1.165, 1.54) is 0 Å². The monoisotopic (exact) mass is 352 g/mol. The van der Waals surface area contributed by atoms with Crippen LogP contribution in [0.3, 0.4) is 0 Å². The number of sulfone groups is 1. The predicted octanol–water partition coefficient (Wildman–Crippen LogP) is 3.00. The maximum absolute atomic E-state index is 12.5. The lowest BCUT2D eigenvalue weighted by Gasteiger charge is -2.37. The smallest absolute Gasteiger partial charge is 0.178 e. The van der Waals surface area contributed by atoms with Crippen LogP contribution >= 0.6 is 0 Å². The van der Waals surface area contributed by atoms with Crippen molar-refractivity contribution in [3.8, 4) is 0 Å². The lowest BCUT2D eigenvalue weighted by molar-refractivity contribution is 0.138. The van der Waals surface area contributed by atoms with Crippen molar-refractivity contribution in [1.82, 2.24) is 4.90 Å². The summed E-state index contributed by atoms with van der Waals surface area (Å²) >= 11 is 0. The molecule has 1 aromatic carbocycles. The van der Waals surface area contributed by atoms with E-state index in [1.54, 1.807) is 12.1 Å².